The molecule has 3 atom stereocenters. The van der Waals surface area contributed by atoms with Crippen molar-refractivity contribution in [3.8, 4) is 28.6 Å². The van der Waals surface area contributed by atoms with Gasteiger partial charge in [-0.15, -0.1) is 0 Å². The van der Waals surface area contributed by atoms with Gasteiger partial charge in [-0.2, -0.15) is 5.10 Å². The average molecular weight is 500 g/mol. The number of aryl methyl sites for hydroxylation is 2. The van der Waals surface area contributed by atoms with Crippen LogP contribution in [0.1, 0.15) is 47.4 Å². The Kier molecular flexibility index (Phi) is 5.67. The molecule has 37 heavy (non-hydrogen) atoms. The number of hydrogen-bond donors (Lipinski definition) is 1. The van der Waals surface area contributed by atoms with E-state index in [-0.39, 0.29) is 17.7 Å². The van der Waals surface area contributed by atoms with Crippen LogP contribution in [0.4, 0.5) is 4.39 Å². The van der Waals surface area contributed by atoms with Crippen LogP contribution >= 0.6 is 0 Å². The zero-order valence-electron chi connectivity index (χ0n) is 20.5. The molecule has 1 saturated carbocycles. The van der Waals surface area contributed by atoms with Crippen molar-refractivity contribution in [2.75, 3.05) is 0 Å². The summed E-state index contributed by atoms with van der Waals surface area (Å²) in [5.74, 6) is 2.08. The van der Waals surface area contributed by atoms with E-state index in [9.17, 15) is 9.18 Å². The molecule has 0 unspecified atom stereocenters. The van der Waals surface area contributed by atoms with Crippen molar-refractivity contribution >= 4 is 5.97 Å². The van der Waals surface area contributed by atoms with Gasteiger partial charge in [0, 0.05) is 23.7 Å². The summed E-state index contributed by atoms with van der Waals surface area (Å²) in [6.45, 7) is 1.90. The van der Waals surface area contributed by atoms with Gasteiger partial charge in [0.15, 0.2) is 5.82 Å². The molecule has 0 bridgehead atoms. The van der Waals surface area contributed by atoms with E-state index >= 15 is 0 Å². The minimum absolute atomic E-state index is 0.0642. The molecule has 6 rings (SSSR count). The third-order valence-electron chi connectivity index (χ3n) is 7.25. The van der Waals surface area contributed by atoms with Gasteiger partial charge in [-0.25, -0.2) is 9.37 Å². The maximum atomic E-state index is 14.9. The summed E-state index contributed by atoms with van der Waals surface area (Å²) >= 11 is 0. The van der Waals surface area contributed by atoms with Crippen LogP contribution < -0.4 is 9.47 Å². The number of rotatable bonds is 7. The Morgan fingerprint density at radius 2 is 1.78 bits per heavy atom. The Hall–Kier alpha value is -4.20. The van der Waals surface area contributed by atoms with Gasteiger partial charge in [0.05, 0.1) is 5.92 Å². The predicted octanol–water partition coefficient (Wildman–Crippen LogP) is 5.98. The molecule has 4 aromatic rings. The van der Waals surface area contributed by atoms with Gasteiger partial charge in [0.2, 0.25) is 0 Å². The number of nitrogens with zero attached hydrogens (tertiary/aromatic N) is 3. The first-order valence-corrected chi connectivity index (χ1v) is 12.3. The van der Waals surface area contributed by atoms with E-state index in [4.69, 9.17) is 14.6 Å². The van der Waals surface area contributed by atoms with Crippen LogP contribution in [0, 0.1) is 18.7 Å². The van der Waals surface area contributed by atoms with Gasteiger partial charge in [-0.1, -0.05) is 12.1 Å². The molecule has 0 amide bonds. The van der Waals surface area contributed by atoms with Crippen molar-refractivity contribution in [3.63, 3.8) is 0 Å². The molecular formula is C29H26FN3O4. The van der Waals surface area contributed by atoms with Crippen LogP contribution in [0.25, 0.3) is 11.4 Å². The Morgan fingerprint density at radius 1 is 1.05 bits per heavy atom. The molecule has 1 heterocycles. The molecule has 0 spiro atoms. The van der Waals surface area contributed by atoms with Gasteiger partial charge >= 0.3 is 5.97 Å². The molecular weight excluding hydrogens is 473 g/mol. The van der Waals surface area contributed by atoms with Gasteiger partial charge in [-0.3, -0.25) is 9.48 Å². The SMILES string of the molecule is Cc1nc(-c2ccc(Oc3ccc(F)c4c3CC[C@H]4Oc3ccc([C@H]4C[C@@H]4C(=O)O)cc3)cc2)nn1C. The van der Waals surface area contributed by atoms with Crippen molar-refractivity contribution in [2.24, 2.45) is 13.0 Å². The standard InChI is InChI=1S/C29H26FN3O4/c1-16-31-28(32-33(16)2)18-5-9-19(10-6-18)36-25-14-12-24(30)27-21(25)11-13-26(27)37-20-7-3-17(4-8-20)22-15-23(22)29(34)35/h3-10,12,14,22-23,26H,11,13,15H2,1-2H3,(H,34,35)/t22-,23+,26-/m1/s1. The molecule has 3 aromatic carbocycles. The topological polar surface area (TPSA) is 86.5 Å². The zero-order chi connectivity index (χ0) is 25.7. The number of halogens is 1. The molecule has 0 radical (unpaired) electrons. The molecule has 2 aliphatic rings. The molecule has 8 heteroatoms. The Bertz CT molecular complexity index is 1460. The van der Waals surface area contributed by atoms with Crippen LogP contribution in [-0.2, 0) is 18.3 Å². The largest absolute Gasteiger partial charge is 0.486 e. The van der Waals surface area contributed by atoms with Crippen LogP contribution in [0.2, 0.25) is 0 Å². The predicted molar refractivity (Wildman–Crippen MR) is 134 cm³/mol. The number of hydrogen-bond acceptors (Lipinski definition) is 5. The second kappa shape index (κ2) is 9.03. The molecule has 7 nitrogen and oxygen atoms in total. The smallest absolute Gasteiger partial charge is 0.307 e. The third-order valence-corrected chi connectivity index (χ3v) is 7.25. The van der Waals surface area contributed by atoms with E-state index in [1.54, 1.807) is 10.7 Å². The normalized spacial score (nSPS) is 19.9. The lowest BCUT2D eigenvalue weighted by Crippen LogP contribution is -2.06. The number of ether oxygens (including phenoxy) is 2. The van der Waals surface area contributed by atoms with Crippen LogP contribution in [0.3, 0.4) is 0 Å². The first-order chi connectivity index (χ1) is 17.9. The maximum absolute atomic E-state index is 14.9. The Balaban J connectivity index is 1.17. The first kappa shape index (κ1) is 23.2. The number of aliphatic carboxylic acids is 1. The quantitative estimate of drug-likeness (QED) is 0.337. The highest BCUT2D eigenvalue weighted by molar-refractivity contribution is 5.75. The minimum Gasteiger partial charge on any atom is -0.486 e. The molecule has 0 saturated heterocycles. The maximum Gasteiger partial charge on any atom is 0.307 e. The second-order valence-electron chi connectivity index (χ2n) is 9.67. The van der Waals surface area contributed by atoms with Crippen molar-refractivity contribution in [1.82, 2.24) is 14.8 Å². The van der Waals surface area contributed by atoms with Gasteiger partial charge in [-0.05, 0) is 86.2 Å². The van der Waals surface area contributed by atoms with Crippen LogP contribution in [-0.4, -0.2) is 25.8 Å². The first-order valence-electron chi connectivity index (χ1n) is 12.3. The van der Waals surface area contributed by atoms with Gasteiger partial charge in [0.25, 0.3) is 0 Å². The van der Waals surface area contributed by atoms with Crippen molar-refractivity contribution in [2.45, 2.75) is 38.2 Å². The van der Waals surface area contributed by atoms with Crippen molar-refractivity contribution < 1.29 is 23.8 Å². The van der Waals surface area contributed by atoms with Crippen LogP contribution in [0.5, 0.6) is 17.2 Å². The Labute approximate surface area is 213 Å². The highest BCUT2D eigenvalue weighted by atomic mass is 19.1. The van der Waals surface area contributed by atoms with Gasteiger partial charge in [0.1, 0.15) is 35.0 Å². The summed E-state index contributed by atoms with van der Waals surface area (Å²) in [4.78, 5) is 15.6. The number of fused-ring (bicyclic) bond motifs is 1. The fourth-order valence-corrected chi connectivity index (χ4v) is 5.03. The minimum atomic E-state index is -0.752. The van der Waals surface area contributed by atoms with E-state index < -0.39 is 12.1 Å². The summed E-state index contributed by atoms with van der Waals surface area (Å²) in [5, 5.41) is 13.6. The van der Waals surface area contributed by atoms with E-state index in [0.29, 0.717) is 47.9 Å². The molecule has 1 aromatic heterocycles. The number of carboxylic acid groups (broad SMARTS) is 1. The molecule has 0 aliphatic heterocycles. The summed E-state index contributed by atoms with van der Waals surface area (Å²) in [6.07, 6.45) is 1.53. The fourth-order valence-electron chi connectivity index (χ4n) is 5.03. The third kappa shape index (κ3) is 4.43. The van der Waals surface area contributed by atoms with E-state index in [2.05, 4.69) is 10.1 Å². The summed E-state index contributed by atoms with van der Waals surface area (Å²) < 4.78 is 29.0. The molecule has 2 aliphatic carbocycles. The highest BCUT2D eigenvalue weighted by Crippen LogP contribution is 2.48. The molecule has 1 fully saturated rings. The number of carbonyl (C=O) groups is 1. The monoisotopic (exact) mass is 499 g/mol. The van der Waals surface area contributed by atoms with Crippen molar-refractivity contribution in [3.05, 3.63) is 89.0 Å². The molecule has 1 N–H and O–H groups in total. The lowest BCUT2D eigenvalue weighted by molar-refractivity contribution is -0.138. The zero-order valence-corrected chi connectivity index (χ0v) is 20.5. The van der Waals surface area contributed by atoms with E-state index in [1.807, 2.05) is 62.5 Å². The summed E-state index contributed by atoms with van der Waals surface area (Å²) in [6, 6.07) is 18.1. The average Bonchev–Trinajstić information content (AvgIpc) is 3.48. The van der Waals surface area contributed by atoms with Crippen LogP contribution in [0.15, 0.2) is 60.7 Å². The summed E-state index contributed by atoms with van der Waals surface area (Å²) in [7, 11) is 1.86. The lowest BCUT2D eigenvalue weighted by atomic mass is 10.1. The number of carboxylic acids is 1. The number of benzene rings is 3. The van der Waals surface area contributed by atoms with E-state index in [1.165, 1.54) is 6.07 Å². The Morgan fingerprint density at radius 3 is 2.43 bits per heavy atom. The fraction of sp³-hybridized carbons (Fsp3) is 0.276. The highest BCUT2D eigenvalue weighted by Gasteiger charge is 2.44. The lowest BCUT2D eigenvalue weighted by Gasteiger charge is -2.17. The summed E-state index contributed by atoms with van der Waals surface area (Å²) in [5.41, 5.74) is 3.22. The number of aromatic nitrogens is 3. The van der Waals surface area contributed by atoms with Crippen molar-refractivity contribution in [1.29, 1.82) is 0 Å². The van der Waals surface area contributed by atoms with Gasteiger partial charge < -0.3 is 14.6 Å². The second-order valence-corrected chi connectivity index (χ2v) is 9.67. The van der Waals surface area contributed by atoms with E-state index in [0.717, 1.165) is 22.5 Å². The molecule has 188 valence electrons.